The van der Waals surface area contributed by atoms with Crippen LogP contribution >= 0.6 is 0 Å². The molecule has 0 heterocycles. The van der Waals surface area contributed by atoms with E-state index < -0.39 is 33.4 Å². The minimum absolute atomic E-state index is 0.114. The zero-order valence-electron chi connectivity index (χ0n) is 12.5. The van der Waals surface area contributed by atoms with Crippen LogP contribution in [0.3, 0.4) is 0 Å². The number of rotatable bonds is 4. The van der Waals surface area contributed by atoms with E-state index in [0.717, 1.165) is 18.4 Å². The lowest BCUT2D eigenvalue weighted by atomic mass is 10.1. The van der Waals surface area contributed by atoms with Crippen molar-refractivity contribution in [3.63, 3.8) is 0 Å². The fourth-order valence-electron chi connectivity index (χ4n) is 2.00. The SMILES string of the molecule is C[C@@H](NC(=O)c1ccc(S(C)(=O)=O)cc1)c1ccc(F)c(F)c1. The molecule has 122 valence electrons. The molecule has 23 heavy (non-hydrogen) atoms. The number of hydrogen-bond donors (Lipinski definition) is 1. The van der Waals surface area contributed by atoms with Gasteiger partial charge in [-0.05, 0) is 48.9 Å². The van der Waals surface area contributed by atoms with Crippen molar-refractivity contribution >= 4 is 15.7 Å². The monoisotopic (exact) mass is 339 g/mol. The first-order chi connectivity index (χ1) is 10.7. The highest BCUT2D eigenvalue weighted by atomic mass is 32.2. The van der Waals surface area contributed by atoms with Gasteiger partial charge in [-0.25, -0.2) is 17.2 Å². The zero-order valence-corrected chi connectivity index (χ0v) is 13.3. The lowest BCUT2D eigenvalue weighted by molar-refractivity contribution is 0.0939. The van der Waals surface area contributed by atoms with Crippen LogP contribution in [0, 0.1) is 11.6 Å². The number of carbonyl (C=O) groups excluding carboxylic acids is 1. The van der Waals surface area contributed by atoms with Crippen LogP contribution in [0.5, 0.6) is 0 Å². The Morgan fingerprint density at radius 2 is 1.65 bits per heavy atom. The van der Waals surface area contributed by atoms with E-state index in [1.807, 2.05) is 0 Å². The van der Waals surface area contributed by atoms with E-state index in [0.29, 0.717) is 5.56 Å². The molecule has 0 aliphatic carbocycles. The van der Waals surface area contributed by atoms with Crippen LogP contribution < -0.4 is 5.32 Å². The predicted octanol–water partition coefficient (Wildman–Crippen LogP) is 2.86. The summed E-state index contributed by atoms with van der Waals surface area (Å²) < 4.78 is 48.9. The molecule has 0 spiro atoms. The third kappa shape index (κ3) is 4.13. The lowest BCUT2D eigenvalue weighted by Gasteiger charge is -2.14. The van der Waals surface area contributed by atoms with Gasteiger partial charge in [0.15, 0.2) is 21.5 Å². The van der Waals surface area contributed by atoms with Gasteiger partial charge in [0.2, 0.25) is 0 Å². The van der Waals surface area contributed by atoms with Crippen molar-refractivity contribution in [2.45, 2.75) is 17.9 Å². The molecule has 2 aromatic carbocycles. The molecule has 0 bridgehead atoms. The highest BCUT2D eigenvalue weighted by Gasteiger charge is 2.14. The minimum Gasteiger partial charge on any atom is -0.346 e. The molecule has 7 heteroatoms. The van der Waals surface area contributed by atoms with E-state index in [4.69, 9.17) is 0 Å². The predicted molar refractivity (Wildman–Crippen MR) is 81.8 cm³/mol. The summed E-state index contributed by atoms with van der Waals surface area (Å²) in [7, 11) is -3.33. The van der Waals surface area contributed by atoms with Crippen LogP contribution in [0.2, 0.25) is 0 Å². The average Bonchev–Trinajstić information content (AvgIpc) is 2.49. The van der Waals surface area contributed by atoms with Gasteiger partial charge in [0.1, 0.15) is 0 Å². The Balaban J connectivity index is 2.13. The molecular formula is C16H15F2NO3S. The molecule has 0 aliphatic heterocycles. The number of benzene rings is 2. The first kappa shape index (κ1) is 17.1. The normalized spacial score (nSPS) is 12.7. The van der Waals surface area contributed by atoms with Gasteiger partial charge in [-0.2, -0.15) is 0 Å². The standard InChI is InChI=1S/C16H15F2NO3S/c1-10(12-5-8-14(17)15(18)9-12)19-16(20)11-3-6-13(7-4-11)23(2,21)22/h3-10H,1-2H3,(H,19,20)/t10-/m1/s1. The van der Waals surface area contributed by atoms with E-state index in [2.05, 4.69) is 5.32 Å². The Labute approximate surface area is 133 Å². The molecule has 0 aliphatic rings. The second-order valence-corrected chi connectivity index (χ2v) is 7.18. The lowest BCUT2D eigenvalue weighted by Crippen LogP contribution is -2.26. The summed E-state index contributed by atoms with van der Waals surface area (Å²) in [5, 5.41) is 2.64. The van der Waals surface area contributed by atoms with E-state index in [1.165, 1.54) is 30.3 Å². The van der Waals surface area contributed by atoms with Gasteiger partial charge >= 0.3 is 0 Å². The van der Waals surface area contributed by atoms with Crippen molar-refractivity contribution in [1.82, 2.24) is 5.32 Å². The molecule has 1 amide bonds. The Hall–Kier alpha value is -2.28. The minimum atomic E-state index is -3.33. The van der Waals surface area contributed by atoms with Gasteiger partial charge in [0, 0.05) is 11.8 Å². The molecule has 4 nitrogen and oxygen atoms in total. The largest absolute Gasteiger partial charge is 0.346 e. The maximum atomic E-state index is 13.2. The number of carbonyl (C=O) groups is 1. The Kier molecular flexibility index (Phi) is 4.79. The molecule has 1 N–H and O–H groups in total. The highest BCUT2D eigenvalue weighted by molar-refractivity contribution is 7.90. The molecule has 0 fully saturated rings. The summed E-state index contributed by atoms with van der Waals surface area (Å²) in [6, 6.07) is 8.33. The summed E-state index contributed by atoms with van der Waals surface area (Å²) in [6.07, 6.45) is 1.08. The summed E-state index contributed by atoms with van der Waals surface area (Å²) in [6.45, 7) is 1.63. The topological polar surface area (TPSA) is 63.2 Å². The Bertz CT molecular complexity index is 833. The van der Waals surface area contributed by atoms with E-state index in [-0.39, 0.29) is 10.5 Å². The number of halogens is 2. The average molecular weight is 339 g/mol. The van der Waals surface area contributed by atoms with Gasteiger partial charge in [-0.15, -0.1) is 0 Å². The van der Waals surface area contributed by atoms with Crippen molar-refractivity contribution < 1.29 is 22.0 Å². The Morgan fingerprint density at radius 1 is 1.04 bits per heavy atom. The van der Waals surface area contributed by atoms with Crippen molar-refractivity contribution in [1.29, 1.82) is 0 Å². The fraction of sp³-hybridized carbons (Fsp3) is 0.188. The first-order valence-corrected chi connectivity index (χ1v) is 8.63. The fourth-order valence-corrected chi connectivity index (χ4v) is 2.63. The molecule has 0 aromatic heterocycles. The smallest absolute Gasteiger partial charge is 0.251 e. The van der Waals surface area contributed by atoms with Gasteiger partial charge in [-0.3, -0.25) is 4.79 Å². The van der Waals surface area contributed by atoms with E-state index >= 15 is 0 Å². The van der Waals surface area contributed by atoms with Gasteiger partial charge in [0.05, 0.1) is 10.9 Å². The van der Waals surface area contributed by atoms with E-state index in [1.54, 1.807) is 6.92 Å². The number of amides is 1. The molecule has 2 aromatic rings. The molecular weight excluding hydrogens is 324 g/mol. The van der Waals surface area contributed by atoms with Crippen molar-refractivity contribution in [2.75, 3.05) is 6.26 Å². The van der Waals surface area contributed by atoms with Gasteiger partial charge in [0.25, 0.3) is 5.91 Å². The summed E-state index contributed by atoms with van der Waals surface area (Å²) in [5.74, 6) is -2.38. The van der Waals surface area contributed by atoms with Crippen LogP contribution in [-0.2, 0) is 9.84 Å². The molecule has 0 radical (unpaired) electrons. The number of sulfone groups is 1. The molecule has 1 atom stereocenters. The first-order valence-electron chi connectivity index (χ1n) is 6.74. The third-order valence-electron chi connectivity index (χ3n) is 3.34. The van der Waals surface area contributed by atoms with E-state index in [9.17, 15) is 22.0 Å². The zero-order chi connectivity index (χ0) is 17.2. The third-order valence-corrected chi connectivity index (χ3v) is 4.46. The van der Waals surface area contributed by atoms with Crippen LogP contribution in [0.4, 0.5) is 8.78 Å². The van der Waals surface area contributed by atoms with Crippen molar-refractivity contribution in [3.05, 3.63) is 65.2 Å². The van der Waals surface area contributed by atoms with Crippen LogP contribution in [0.15, 0.2) is 47.4 Å². The molecule has 0 saturated heterocycles. The van der Waals surface area contributed by atoms with Crippen LogP contribution in [-0.4, -0.2) is 20.6 Å². The quantitative estimate of drug-likeness (QED) is 0.932. The molecule has 0 unspecified atom stereocenters. The maximum absolute atomic E-state index is 13.2. The molecule has 0 saturated carbocycles. The Morgan fingerprint density at radius 3 is 2.17 bits per heavy atom. The van der Waals surface area contributed by atoms with Crippen LogP contribution in [0.1, 0.15) is 28.9 Å². The maximum Gasteiger partial charge on any atom is 0.251 e. The van der Waals surface area contributed by atoms with Crippen molar-refractivity contribution in [2.24, 2.45) is 0 Å². The number of hydrogen-bond acceptors (Lipinski definition) is 3. The van der Waals surface area contributed by atoms with Crippen molar-refractivity contribution in [3.8, 4) is 0 Å². The van der Waals surface area contributed by atoms with Gasteiger partial charge < -0.3 is 5.32 Å². The second-order valence-electron chi connectivity index (χ2n) is 5.17. The summed E-state index contributed by atoms with van der Waals surface area (Å²) >= 11 is 0. The summed E-state index contributed by atoms with van der Waals surface area (Å²) in [5.41, 5.74) is 0.692. The molecule has 2 rings (SSSR count). The second kappa shape index (κ2) is 6.45. The highest BCUT2D eigenvalue weighted by Crippen LogP contribution is 2.17. The number of nitrogens with one attached hydrogen (secondary N) is 1. The summed E-state index contributed by atoms with van der Waals surface area (Å²) in [4.78, 5) is 12.2. The van der Waals surface area contributed by atoms with Gasteiger partial charge in [-0.1, -0.05) is 6.07 Å². The van der Waals surface area contributed by atoms with Crippen LogP contribution in [0.25, 0.3) is 0 Å².